The van der Waals surface area contributed by atoms with Gasteiger partial charge in [0, 0.05) is 17.8 Å². The van der Waals surface area contributed by atoms with E-state index in [-0.39, 0.29) is 11.2 Å². The van der Waals surface area contributed by atoms with Crippen molar-refractivity contribution in [3.05, 3.63) is 37.1 Å². The molecule has 1 heterocycles. The summed E-state index contributed by atoms with van der Waals surface area (Å²) in [6.45, 7) is 4.00. The van der Waals surface area contributed by atoms with Crippen LogP contribution in [-0.4, -0.2) is 17.8 Å². The summed E-state index contributed by atoms with van der Waals surface area (Å²) in [7, 11) is 0. The number of carbonyl (C=O) groups is 1. The van der Waals surface area contributed by atoms with Crippen molar-refractivity contribution >= 4 is 38.5 Å². The van der Waals surface area contributed by atoms with Gasteiger partial charge in [0.15, 0.2) is 0 Å². The molecule has 0 aliphatic rings. The quantitative estimate of drug-likeness (QED) is 0.681. The fraction of sp³-hybridized carbons (Fsp3) is 0.154. The van der Waals surface area contributed by atoms with Crippen LogP contribution in [0.2, 0.25) is 0 Å². The maximum atomic E-state index is 11.3. The Kier molecular flexibility index (Phi) is 4.04. The summed E-state index contributed by atoms with van der Waals surface area (Å²) in [6, 6.07) is 5.35. The third-order valence-electron chi connectivity index (χ3n) is 2.30. The lowest BCUT2D eigenvalue weighted by atomic mass is 10.2. The monoisotopic (exact) mass is 309 g/mol. The van der Waals surface area contributed by atoms with Gasteiger partial charge in [0.05, 0.1) is 17.0 Å². The maximum Gasteiger partial charge on any atom is 0.235 e. The van der Waals surface area contributed by atoms with Crippen molar-refractivity contribution in [1.82, 2.24) is 0 Å². The summed E-state index contributed by atoms with van der Waals surface area (Å²) in [4.78, 5) is 11.3. The van der Waals surface area contributed by atoms with Crippen LogP contribution in [-0.2, 0) is 4.79 Å². The Morgan fingerprint density at radius 3 is 3.11 bits per heavy atom. The normalized spacial score (nSPS) is 10.3. The molecule has 1 N–H and O–H groups in total. The van der Waals surface area contributed by atoms with E-state index in [9.17, 15) is 4.79 Å². The second-order valence-corrected chi connectivity index (χ2v) is 4.15. The highest BCUT2D eigenvalue weighted by atomic mass is 79.9. The minimum absolute atomic E-state index is 0.129. The lowest BCUT2D eigenvalue weighted by Gasteiger charge is -2.08. The van der Waals surface area contributed by atoms with E-state index < -0.39 is 0 Å². The van der Waals surface area contributed by atoms with Crippen LogP contribution >= 0.6 is 15.9 Å². The van der Waals surface area contributed by atoms with E-state index in [1.165, 1.54) is 0 Å². The van der Waals surface area contributed by atoms with Gasteiger partial charge in [-0.25, -0.2) is 0 Å². The lowest BCUT2D eigenvalue weighted by molar-refractivity contribution is -0.113. The number of carbonyl (C=O) groups excluding carboxylic acids is 1. The number of rotatable bonds is 5. The van der Waals surface area contributed by atoms with E-state index in [4.69, 9.17) is 9.15 Å². The van der Waals surface area contributed by atoms with Gasteiger partial charge in [-0.3, -0.25) is 4.79 Å². The molecule has 94 valence electrons. The van der Waals surface area contributed by atoms with Crippen LogP contribution in [0.5, 0.6) is 5.75 Å². The summed E-state index contributed by atoms with van der Waals surface area (Å²) < 4.78 is 10.9. The van der Waals surface area contributed by atoms with Crippen LogP contribution in [0.1, 0.15) is 0 Å². The van der Waals surface area contributed by atoms with Gasteiger partial charge in [-0.15, -0.1) is 0 Å². The van der Waals surface area contributed by atoms with Crippen molar-refractivity contribution < 1.29 is 13.9 Å². The average molecular weight is 310 g/mol. The molecule has 5 heteroatoms. The minimum atomic E-state index is -0.129. The van der Waals surface area contributed by atoms with Crippen LogP contribution in [0.3, 0.4) is 0 Å². The number of alkyl halides is 1. The standard InChI is InChI=1S/C13H12BrNO3/c1-2-4-17-11-6-9(15-13(16)8-14)7-12-10(11)3-5-18-12/h2-3,5-7H,1,4,8H2,(H,15,16). The molecule has 0 unspecified atom stereocenters. The van der Waals surface area contributed by atoms with Gasteiger partial charge >= 0.3 is 0 Å². The van der Waals surface area contributed by atoms with Crippen molar-refractivity contribution in [3.8, 4) is 5.75 Å². The molecule has 1 aromatic carbocycles. The third kappa shape index (κ3) is 2.73. The molecule has 2 aromatic rings. The molecule has 1 aromatic heterocycles. The Hall–Kier alpha value is -1.75. The van der Waals surface area contributed by atoms with Gasteiger partial charge < -0.3 is 14.5 Å². The molecule has 0 fully saturated rings. The zero-order valence-corrected chi connectivity index (χ0v) is 11.2. The Balaban J connectivity index is 2.36. The SMILES string of the molecule is C=CCOc1cc(NC(=O)CBr)cc2occc12. The number of anilines is 1. The number of hydrogen-bond acceptors (Lipinski definition) is 3. The van der Waals surface area contributed by atoms with E-state index in [0.29, 0.717) is 23.6 Å². The number of nitrogens with one attached hydrogen (secondary N) is 1. The summed E-state index contributed by atoms with van der Waals surface area (Å²) in [5, 5.41) is 3.85. The predicted octanol–water partition coefficient (Wildman–Crippen LogP) is 3.33. The minimum Gasteiger partial charge on any atom is -0.489 e. The first-order chi connectivity index (χ1) is 8.74. The fourth-order valence-electron chi connectivity index (χ4n) is 1.57. The summed E-state index contributed by atoms with van der Waals surface area (Å²) in [6.07, 6.45) is 3.25. The largest absolute Gasteiger partial charge is 0.489 e. The second kappa shape index (κ2) is 5.73. The molecule has 0 aliphatic carbocycles. The highest BCUT2D eigenvalue weighted by molar-refractivity contribution is 9.09. The molecule has 0 saturated heterocycles. The van der Waals surface area contributed by atoms with Gasteiger partial charge in [-0.2, -0.15) is 0 Å². The number of halogens is 1. The van der Waals surface area contributed by atoms with Gasteiger partial charge in [0.25, 0.3) is 0 Å². The van der Waals surface area contributed by atoms with Crippen LogP contribution in [0.25, 0.3) is 11.0 Å². The van der Waals surface area contributed by atoms with Crippen LogP contribution in [0.15, 0.2) is 41.5 Å². The molecular weight excluding hydrogens is 298 g/mol. The Morgan fingerprint density at radius 1 is 1.56 bits per heavy atom. The zero-order valence-electron chi connectivity index (χ0n) is 9.61. The summed E-state index contributed by atoms with van der Waals surface area (Å²) in [5.74, 6) is 0.529. The van der Waals surface area contributed by atoms with Crippen molar-refractivity contribution in [1.29, 1.82) is 0 Å². The van der Waals surface area contributed by atoms with Gasteiger partial charge in [-0.05, 0) is 6.07 Å². The number of furan rings is 1. The molecular formula is C13H12BrNO3. The first-order valence-corrected chi connectivity index (χ1v) is 6.47. The van der Waals surface area contributed by atoms with Crippen LogP contribution in [0.4, 0.5) is 5.69 Å². The maximum absolute atomic E-state index is 11.3. The Bertz CT molecular complexity index is 577. The van der Waals surface area contributed by atoms with Crippen LogP contribution < -0.4 is 10.1 Å². The molecule has 0 radical (unpaired) electrons. The molecule has 0 aliphatic heterocycles. The highest BCUT2D eigenvalue weighted by Gasteiger charge is 2.09. The van der Waals surface area contributed by atoms with Crippen molar-refractivity contribution in [2.45, 2.75) is 0 Å². The van der Waals surface area contributed by atoms with E-state index in [1.807, 2.05) is 6.07 Å². The second-order valence-electron chi connectivity index (χ2n) is 3.59. The molecule has 4 nitrogen and oxygen atoms in total. The zero-order chi connectivity index (χ0) is 13.0. The topological polar surface area (TPSA) is 51.5 Å². The Morgan fingerprint density at radius 2 is 2.39 bits per heavy atom. The first kappa shape index (κ1) is 12.7. The molecule has 0 bridgehead atoms. The summed E-state index contributed by atoms with van der Waals surface area (Å²) >= 11 is 3.09. The number of ether oxygens (including phenoxy) is 1. The van der Waals surface area contributed by atoms with E-state index in [2.05, 4.69) is 27.8 Å². The predicted molar refractivity (Wildman–Crippen MR) is 74.3 cm³/mol. The van der Waals surface area contributed by atoms with Crippen LogP contribution in [0, 0.1) is 0 Å². The van der Waals surface area contributed by atoms with Crippen molar-refractivity contribution in [2.75, 3.05) is 17.3 Å². The van der Waals surface area contributed by atoms with E-state index >= 15 is 0 Å². The summed E-state index contributed by atoms with van der Waals surface area (Å²) in [5.41, 5.74) is 1.31. The third-order valence-corrected chi connectivity index (χ3v) is 2.80. The highest BCUT2D eigenvalue weighted by Crippen LogP contribution is 2.31. The molecule has 0 saturated carbocycles. The molecule has 18 heavy (non-hydrogen) atoms. The molecule has 2 rings (SSSR count). The number of benzene rings is 1. The average Bonchev–Trinajstić information content (AvgIpc) is 2.84. The number of hydrogen-bond donors (Lipinski definition) is 1. The van der Waals surface area contributed by atoms with Gasteiger partial charge in [-0.1, -0.05) is 28.6 Å². The van der Waals surface area contributed by atoms with Crippen molar-refractivity contribution in [3.63, 3.8) is 0 Å². The van der Waals surface area contributed by atoms with E-state index in [1.54, 1.807) is 24.5 Å². The van der Waals surface area contributed by atoms with E-state index in [0.717, 1.165) is 5.39 Å². The molecule has 1 amide bonds. The van der Waals surface area contributed by atoms with Crippen molar-refractivity contribution in [2.24, 2.45) is 0 Å². The lowest BCUT2D eigenvalue weighted by Crippen LogP contribution is -2.12. The first-order valence-electron chi connectivity index (χ1n) is 5.35. The fourth-order valence-corrected chi connectivity index (χ4v) is 1.71. The smallest absolute Gasteiger partial charge is 0.235 e. The molecule has 0 spiro atoms. The van der Waals surface area contributed by atoms with Gasteiger partial charge in [0.1, 0.15) is 17.9 Å². The Labute approximate surface area is 113 Å². The number of amides is 1. The molecule has 0 atom stereocenters. The number of fused-ring (bicyclic) bond motifs is 1. The van der Waals surface area contributed by atoms with Gasteiger partial charge in [0.2, 0.25) is 5.91 Å².